The number of nitrogens with two attached hydrogens (primary N) is 1. The third kappa shape index (κ3) is 3.28. The van der Waals surface area contributed by atoms with E-state index in [4.69, 9.17) is 20.9 Å². The van der Waals surface area contributed by atoms with Crippen molar-refractivity contribution in [3.63, 3.8) is 0 Å². The van der Waals surface area contributed by atoms with Crippen molar-refractivity contribution in [1.29, 1.82) is 5.41 Å². The summed E-state index contributed by atoms with van der Waals surface area (Å²) in [6, 6.07) is 6.59. The van der Waals surface area contributed by atoms with E-state index in [1.165, 1.54) is 11.1 Å². The molecule has 1 fully saturated rings. The number of hydrogen-bond donors (Lipinski definition) is 2. The zero-order valence-electron chi connectivity index (χ0n) is 15.5. The van der Waals surface area contributed by atoms with Gasteiger partial charge in [-0.2, -0.15) is 0 Å². The number of fused-ring (bicyclic) bond motifs is 1. The van der Waals surface area contributed by atoms with Gasteiger partial charge in [-0.15, -0.1) is 0 Å². The minimum Gasteiger partial charge on any atom is -0.383 e. The lowest BCUT2D eigenvalue weighted by Gasteiger charge is -2.47. The standard InChI is InChI=1S/C20H28BrN3O/c1-11-8-20(9-12(2)17(11)25-4)10-14-5-6-15(21)7-16(14)18(20)24-13(3)19(22)23/h5-7,11-12,17-18H,8-10H2,1-4H3,(H3,22,23). The summed E-state index contributed by atoms with van der Waals surface area (Å²) in [5.74, 6) is 1.04. The second kappa shape index (κ2) is 6.84. The van der Waals surface area contributed by atoms with E-state index in [2.05, 4.69) is 48.0 Å². The van der Waals surface area contributed by atoms with Crippen LogP contribution in [0.5, 0.6) is 0 Å². The second-order valence-corrected chi connectivity index (χ2v) is 8.89. The van der Waals surface area contributed by atoms with Crippen molar-refractivity contribution in [2.24, 2.45) is 28.0 Å². The minimum absolute atomic E-state index is 0.0604. The van der Waals surface area contributed by atoms with E-state index in [0.717, 1.165) is 23.7 Å². The van der Waals surface area contributed by atoms with Gasteiger partial charge in [0.1, 0.15) is 5.84 Å². The van der Waals surface area contributed by atoms with Gasteiger partial charge in [0.2, 0.25) is 0 Å². The van der Waals surface area contributed by atoms with Crippen molar-refractivity contribution in [1.82, 2.24) is 0 Å². The monoisotopic (exact) mass is 405 g/mol. The first kappa shape index (κ1) is 18.6. The van der Waals surface area contributed by atoms with E-state index in [-0.39, 0.29) is 17.3 Å². The lowest BCUT2D eigenvalue weighted by Crippen LogP contribution is -2.44. The summed E-state index contributed by atoms with van der Waals surface area (Å²) in [5.41, 5.74) is 9.09. The van der Waals surface area contributed by atoms with Crippen LogP contribution < -0.4 is 5.73 Å². The Bertz CT molecular complexity index is 703. The molecule has 0 bridgehead atoms. The molecule has 4 nitrogen and oxygen atoms in total. The van der Waals surface area contributed by atoms with Crippen LogP contribution in [0.4, 0.5) is 0 Å². The first-order valence-electron chi connectivity index (χ1n) is 8.97. The number of nitrogens with one attached hydrogen (secondary N) is 1. The fourth-order valence-electron chi connectivity index (χ4n) is 5.25. The zero-order valence-corrected chi connectivity index (χ0v) is 17.1. The number of benzene rings is 1. The topological polar surface area (TPSA) is 71.5 Å². The molecule has 5 heteroatoms. The highest BCUT2D eigenvalue weighted by Crippen LogP contribution is 2.58. The van der Waals surface area contributed by atoms with Crippen LogP contribution in [-0.4, -0.2) is 24.8 Å². The summed E-state index contributed by atoms with van der Waals surface area (Å²) in [7, 11) is 1.83. The molecule has 3 atom stereocenters. The molecule has 0 aromatic heterocycles. The Balaban J connectivity index is 2.07. The number of ether oxygens (including phenoxy) is 1. The number of rotatable bonds is 3. The van der Waals surface area contributed by atoms with Gasteiger partial charge < -0.3 is 10.5 Å². The average molecular weight is 406 g/mol. The van der Waals surface area contributed by atoms with Crippen molar-refractivity contribution in [2.45, 2.75) is 52.2 Å². The molecule has 3 N–H and O–H groups in total. The van der Waals surface area contributed by atoms with Gasteiger partial charge in [0.05, 0.1) is 17.9 Å². The van der Waals surface area contributed by atoms with Gasteiger partial charge >= 0.3 is 0 Å². The summed E-state index contributed by atoms with van der Waals surface area (Å²) < 4.78 is 6.85. The summed E-state index contributed by atoms with van der Waals surface area (Å²) >= 11 is 3.61. The zero-order chi connectivity index (χ0) is 18.4. The lowest BCUT2D eigenvalue weighted by molar-refractivity contribution is -0.0573. The van der Waals surface area contributed by atoms with Crippen molar-refractivity contribution >= 4 is 27.5 Å². The van der Waals surface area contributed by atoms with Crippen LogP contribution in [0.2, 0.25) is 0 Å². The van der Waals surface area contributed by atoms with Gasteiger partial charge in [0.15, 0.2) is 0 Å². The highest BCUT2D eigenvalue weighted by Gasteiger charge is 2.52. The SMILES string of the molecule is COC1C(C)CC2(Cc3ccc(Br)cc3C2N=C(C)C(=N)N)CC1C. The maximum atomic E-state index is 7.75. The molecule has 0 aliphatic heterocycles. The van der Waals surface area contributed by atoms with Crippen molar-refractivity contribution in [3.8, 4) is 0 Å². The number of methoxy groups -OCH3 is 1. The number of halogens is 1. The van der Waals surface area contributed by atoms with Crippen LogP contribution in [-0.2, 0) is 11.2 Å². The molecule has 3 unspecified atom stereocenters. The molecule has 0 heterocycles. The second-order valence-electron chi connectivity index (χ2n) is 7.98. The van der Waals surface area contributed by atoms with Crippen LogP contribution >= 0.6 is 15.9 Å². The van der Waals surface area contributed by atoms with Gasteiger partial charge in [-0.05, 0) is 61.3 Å². The fourth-order valence-corrected chi connectivity index (χ4v) is 5.63. The van der Waals surface area contributed by atoms with Gasteiger partial charge in [-0.1, -0.05) is 35.8 Å². The molecule has 3 rings (SSSR count). The molecular formula is C20H28BrN3O. The first-order valence-corrected chi connectivity index (χ1v) is 9.76. The molecule has 2 aliphatic rings. The molecule has 1 aromatic rings. The van der Waals surface area contributed by atoms with Crippen LogP contribution in [0, 0.1) is 22.7 Å². The smallest absolute Gasteiger partial charge is 0.136 e. The van der Waals surface area contributed by atoms with Gasteiger partial charge in [-0.25, -0.2) is 0 Å². The largest absolute Gasteiger partial charge is 0.383 e. The third-order valence-corrected chi connectivity index (χ3v) is 6.58. The molecule has 0 amide bonds. The van der Waals surface area contributed by atoms with Gasteiger partial charge in [0.25, 0.3) is 0 Å². The Morgan fingerprint density at radius 3 is 2.52 bits per heavy atom. The highest BCUT2D eigenvalue weighted by atomic mass is 79.9. The van der Waals surface area contributed by atoms with Crippen molar-refractivity contribution in [2.75, 3.05) is 7.11 Å². The number of amidine groups is 1. The third-order valence-electron chi connectivity index (χ3n) is 6.09. The Hall–Kier alpha value is -1.20. The normalized spacial score (nSPS) is 35.0. The summed E-state index contributed by atoms with van der Waals surface area (Å²) in [4.78, 5) is 4.96. The van der Waals surface area contributed by atoms with Gasteiger partial charge in [-0.3, -0.25) is 10.4 Å². The molecule has 2 aliphatic carbocycles. The lowest BCUT2D eigenvalue weighted by atomic mass is 9.61. The van der Waals surface area contributed by atoms with E-state index in [1.807, 2.05) is 14.0 Å². The first-order chi connectivity index (χ1) is 11.8. The van der Waals surface area contributed by atoms with Crippen LogP contribution in [0.1, 0.15) is 50.8 Å². The average Bonchev–Trinajstić information content (AvgIpc) is 2.79. The van der Waals surface area contributed by atoms with Crippen molar-refractivity contribution < 1.29 is 4.74 Å². The van der Waals surface area contributed by atoms with E-state index < -0.39 is 0 Å². The Morgan fingerprint density at radius 2 is 1.96 bits per heavy atom. The molecule has 136 valence electrons. The molecular weight excluding hydrogens is 378 g/mol. The van der Waals surface area contributed by atoms with E-state index in [1.54, 1.807) is 0 Å². The number of aliphatic imine (C=N–C) groups is 1. The number of nitrogens with zero attached hydrogens (tertiary/aromatic N) is 1. The summed E-state index contributed by atoms with van der Waals surface area (Å²) in [6.07, 6.45) is 3.52. The molecule has 0 radical (unpaired) electrons. The van der Waals surface area contributed by atoms with E-state index in [0.29, 0.717) is 23.7 Å². The van der Waals surface area contributed by atoms with Crippen LogP contribution in [0.25, 0.3) is 0 Å². The Labute approximate surface area is 158 Å². The molecule has 1 saturated carbocycles. The Morgan fingerprint density at radius 1 is 1.32 bits per heavy atom. The Kier molecular flexibility index (Phi) is 5.09. The fraction of sp³-hybridized carbons (Fsp3) is 0.600. The molecule has 1 aromatic carbocycles. The summed E-state index contributed by atoms with van der Waals surface area (Å²) in [6.45, 7) is 6.44. The maximum Gasteiger partial charge on any atom is 0.136 e. The highest BCUT2D eigenvalue weighted by molar-refractivity contribution is 9.10. The van der Waals surface area contributed by atoms with E-state index in [9.17, 15) is 0 Å². The molecule has 1 spiro atoms. The van der Waals surface area contributed by atoms with Crippen LogP contribution in [0.3, 0.4) is 0 Å². The quantitative estimate of drug-likeness (QED) is 0.573. The molecule has 25 heavy (non-hydrogen) atoms. The number of hydrogen-bond acceptors (Lipinski definition) is 3. The summed E-state index contributed by atoms with van der Waals surface area (Å²) in [5, 5.41) is 7.75. The van der Waals surface area contributed by atoms with Gasteiger partial charge in [0, 0.05) is 17.0 Å². The predicted molar refractivity (Wildman–Crippen MR) is 106 cm³/mol. The van der Waals surface area contributed by atoms with Crippen LogP contribution in [0.15, 0.2) is 27.7 Å². The molecule has 0 saturated heterocycles. The maximum absolute atomic E-state index is 7.75. The van der Waals surface area contributed by atoms with E-state index >= 15 is 0 Å². The minimum atomic E-state index is 0.0604. The predicted octanol–water partition coefficient (Wildman–Crippen LogP) is 4.51. The van der Waals surface area contributed by atoms with Crippen molar-refractivity contribution in [3.05, 3.63) is 33.8 Å².